The van der Waals surface area contributed by atoms with E-state index >= 15 is 0 Å². The van der Waals surface area contributed by atoms with Crippen molar-refractivity contribution in [3.8, 4) is 11.1 Å². The first-order chi connectivity index (χ1) is 17.1. The van der Waals surface area contributed by atoms with E-state index in [-0.39, 0.29) is 5.91 Å². The van der Waals surface area contributed by atoms with Gasteiger partial charge in [-0.3, -0.25) is 4.79 Å². The summed E-state index contributed by atoms with van der Waals surface area (Å²) < 4.78 is 0. The molecule has 0 aliphatic carbocycles. The Kier molecular flexibility index (Phi) is 7.46. The summed E-state index contributed by atoms with van der Waals surface area (Å²) in [6.07, 6.45) is 8.36. The number of aromatic nitrogens is 1. The number of rotatable bonds is 7. The lowest BCUT2D eigenvalue weighted by molar-refractivity contribution is 0.0709. The first kappa shape index (κ1) is 24.0. The molecule has 182 valence electrons. The molecule has 2 aliphatic heterocycles. The van der Waals surface area contributed by atoms with Crippen LogP contribution in [-0.4, -0.2) is 52.9 Å². The number of likely N-dealkylation sites (tertiary alicyclic amines) is 2. The van der Waals surface area contributed by atoms with Gasteiger partial charge in [-0.05, 0) is 91.8 Å². The summed E-state index contributed by atoms with van der Waals surface area (Å²) in [4.78, 5) is 22.4. The summed E-state index contributed by atoms with van der Waals surface area (Å²) in [5, 5.41) is 1.22. The number of hydrogen-bond acceptors (Lipinski definition) is 4. The number of anilines is 1. The van der Waals surface area contributed by atoms with E-state index in [1.807, 2.05) is 36.5 Å². The summed E-state index contributed by atoms with van der Waals surface area (Å²) in [5.74, 6) is 0.741. The Bertz CT molecular complexity index is 1170. The molecule has 0 radical (unpaired) electrons. The molecule has 0 saturated carbocycles. The van der Waals surface area contributed by atoms with Crippen LogP contribution in [0.25, 0.3) is 11.1 Å². The standard InChI is InChI=1S/C29H35N4OP/c30-28-24(14-11-22-6-1-2-8-27(22)35)18-25(19-31-28)21-9-12-23(13-10-21)29(34)33-17-5-7-26(33)20-32-15-3-4-16-32/h1-2,6,8-10,12-13,18-19,26H,3-5,7,11,14-17,20,35H2,(H2,30,31). The van der Waals surface area contributed by atoms with E-state index in [2.05, 4.69) is 48.3 Å². The van der Waals surface area contributed by atoms with Crippen molar-refractivity contribution in [2.75, 3.05) is 31.9 Å². The van der Waals surface area contributed by atoms with Crippen molar-refractivity contribution in [2.24, 2.45) is 0 Å². The van der Waals surface area contributed by atoms with E-state index in [1.54, 1.807) is 0 Å². The maximum Gasteiger partial charge on any atom is 0.254 e. The average Bonchev–Trinajstić information content (AvgIpc) is 3.57. The molecule has 3 aromatic rings. The van der Waals surface area contributed by atoms with Gasteiger partial charge in [0.05, 0.1) is 0 Å². The van der Waals surface area contributed by atoms with Crippen molar-refractivity contribution in [2.45, 2.75) is 44.6 Å². The van der Waals surface area contributed by atoms with E-state index in [9.17, 15) is 4.79 Å². The molecule has 6 heteroatoms. The molecule has 2 N–H and O–H groups in total. The zero-order chi connectivity index (χ0) is 24.2. The van der Waals surface area contributed by atoms with Crippen LogP contribution in [0.15, 0.2) is 60.8 Å². The van der Waals surface area contributed by atoms with Gasteiger partial charge in [0.25, 0.3) is 5.91 Å². The SMILES string of the molecule is Nc1ncc(-c2ccc(C(=O)N3CCCC3CN3CCCC3)cc2)cc1CCc1ccccc1P. The molecule has 2 fully saturated rings. The Morgan fingerprint density at radius 1 is 0.943 bits per heavy atom. The van der Waals surface area contributed by atoms with Crippen LogP contribution in [0.4, 0.5) is 5.82 Å². The van der Waals surface area contributed by atoms with Gasteiger partial charge < -0.3 is 15.5 Å². The highest BCUT2D eigenvalue weighted by Crippen LogP contribution is 2.26. The quantitative estimate of drug-likeness (QED) is 0.506. The molecule has 0 spiro atoms. The molecule has 35 heavy (non-hydrogen) atoms. The van der Waals surface area contributed by atoms with Crippen LogP contribution >= 0.6 is 9.24 Å². The minimum atomic E-state index is 0.158. The van der Waals surface area contributed by atoms with Crippen molar-refractivity contribution in [1.82, 2.24) is 14.8 Å². The lowest BCUT2D eigenvalue weighted by atomic mass is 10.00. The zero-order valence-corrected chi connectivity index (χ0v) is 21.5. The summed E-state index contributed by atoms with van der Waals surface area (Å²) in [6.45, 7) is 4.23. The molecule has 2 atom stereocenters. The monoisotopic (exact) mass is 486 g/mol. The molecular formula is C29H35N4OP. The number of pyridine rings is 1. The van der Waals surface area contributed by atoms with Gasteiger partial charge in [0, 0.05) is 36.5 Å². The molecule has 1 aromatic heterocycles. The van der Waals surface area contributed by atoms with Crippen molar-refractivity contribution in [3.63, 3.8) is 0 Å². The van der Waals surface area contributed by atoms with Crippen LogP contribution in [-0.2, 0) is 12.8 Å². The molecular weight excluding hydrogens is 451 g/mol. The number of nitrogens with two attached hydrogens (primary N) is 1. The summed E-state index contributed by atoms with van der Waals surface area (Å²) in [5.41, 5.74) is 11.4. The molecule has 2 saturated heterocycles. The predicted octanol–water partition coefficient (Wildman–Crippen LogP) is 4.32. The highest BCUT2D eigenvalue weighted by Gasteiger charge is 2.31. The van der Waals surface area contributed by atoms with Crippen LogP contribution in [0.1, 0.15) is 47.2 Å². The highest BCUT2D eigenvalue weighted by atomic mass is 31.0. The number of benzene rings is 2. The largest absolute Gasteiger partial charge is 0.383 e. The Hall–Kier alpha value is -2.75. The fourth-order valence-electron chi connectivity index (χ4n) is 5.44. The number of carbonyl (C=O) groups excluding carboxylic acids is 1. The van der Waals surface area contributed by atoms with Gasteiger partial charge >= 0.3 is 0 Å². The summed E-state index contributed by atoms with van der Waals surface area (Å²) >= 11 is 0. The van der Waals surface area contributed by atoms with Gasteiger partial charge in [0.15, 0.2) is 0 Å². The third kappa shape index (κ3) is 5.58. The van der Waals surface area contributed by atoms with Gasteiger partial charge in [-0.25, -0.2) is 4.98 Å². The van der Waals surface area contributed by atoms with Crippen molar-refractivity contribution in [1.29, 1.82) is 0 Å². The molecule has 2 aliphatic rings. The number of aryl methyl sites for hydroxylation is 2. The molecule has 3 heterocycles. The van der Waals surface area contributed by atoms with E-state index in [0.29, 0.717) is 11.9 Å². The van der Waals surface area contributed by atoms with Crippen LogP contribution in [0, 0.1) is 0 Å². The molecule has 2 aromatic carbocycles. The molecule has 1 amide bonds. The van der Waals surface area contributed by atoms with E-state index in [1.165, 1.54) is 36.8 Å². The lowest BCUT2D eigenvalue weighted by Crippen LogP contribution is -2.42. The highest BCUT2D eigenvalue weighted by molar-refractivity contribution is 7.27. The maximum atomic E-state index is 13.3. The normalized spacial score (nSPS) is 18.3. The summed E-state index contributed by atoms with van der Waals surface area (Å²) in [6, 6.07) is 18.9. The van der Waals surface area contributed by atoms with Gasteiger partial charge in [-0.15, -0.1) is 9.24 Å². The molecule has 0 bridgehead atoms. The average molecular weight is 487 g/mol. The van der Waals surface area contributed by atoms with Crippen LogP contribution < -0.4 is 11.0 Å². The van der Waals surface area contributed by atoms with Gasteiger partial charge in [0.2, 0.25) is 0 Å². The molecule has 5 rings (SSSR count). The van der Waals surface area contributed by atoms with E-state index < -0.39 is 0 Å². The Morgan fingerprint density at radius 2 is 1.69 bits per heavy atom. The first-order valence-electron chi connectivity index (χ1n) is 12.8. The number of hydrogen-bond donors (Lipinski definition) is 1. The van der Waals surface area contributed by atoms with Crippen LogP contribution in [0.2, 0.25) is 0 Å². The van der Waals surface area contributed by atoms with Crippen molar-refractivity contribution >= 4 is 26.3 Å². The Labute approximate surface area is 210 Å². The minimum Gasteiger partial charge on any atom is -0.383 e. The van der Waals surface area contributed by atoms with Gasteiger partial charge in [-0.1, -0.05) is 36.4 Å². The third-order valence-electron chi connectivity index (χ3n) is 7.49. The second-order valence-corrected chi connectivity index (χ2v) is 10.5. The van der Waals surface area contributed by atoms with Gasteiger partial charge in [0.1, 0.15) is 5.82 Å². The minimum absolute atomic E-state index is 0.158. The fraction of sp³-hybridized carbons (Fsp3) is 0.379. The number of amides is 1. The van der Waals surface area contributed by atoms with Crippen LogP contribution in [0.3, 0.4) is 0 Å². The Morgan fingerprint density at radius 3 is 2.46 bits per heavy atom. The van der Waals surface area contributed by atoms with E-state index in [4.69, 9.17) is 5.73 Å². The van der Waals surface area contributed by atoms with E-state index in [0.717, 1.165) is 61.0 Å². The predicted molar refractivity (Wildman–Crippen MR) is 147 cm³/mol. The van der Waals surface area contributed by atoms with Gasteiger partial charge in [-0.2, -0.15) is 0 Å². The topological polar surface area (TPSA) is 62.5 Å². The van der Waals surface area contributed by atoms with Crippen LogP contribution in [0.5, 0.6) is 0 Å². The first-order valence-corrected chi connectivity index (χ1v) is 13.4. The van der Waals surface area contributed by atoms with Crippen molar-refractivity contribution < 1.29 is 4.79 Å². The molecule has 5 nitrogen and oxygen atoms in total. The zero-order valence-electron chi connectivity index (χ0n) is 20.3. The third-order valence-corrected chi connectivity index (χ3v) is 8.05. The Balaban J connectivity index is 1.27. The molecule has 2 unspecified atom stereocenters. The second kappa shape index (κ2) is 10.9. The second-order valence-electron chi connectivity index (χ2n) is 9.85. The number of nitrogen functional groups attached to an aromatic ring is 1. The number of carbonyl (C=O) groups is 1. The summed E-state index contributed by atoms with van der Waals surface area (Å²) in [7, 11) is 2.80. The lowest BCUT2D eigenvalue weighted by Gasteiger charge is -2.28. The van der Waals surface area contributed by atoms with Crippen molar-refractivity contribution in [3.05, 3.63) is 77.5 Å². The smallest absolute Gasteiger partial charge is 0.254 e. The number of nitrogens with zero attached hydrogens (tertiary/aromatic N) is 3. The fourth-order valence-corrected chi connectivity index (χ4v) is 5.79. The maximum absolute atomic E-state index is 13.3.